The van der Waals surface area contributed by atoms with Gasteiger partial charge >= 0.3 is 5.97 Å². The number of rotatable bonds is 10. The molecule has 1 amide bonds. The van der Waals surface area contributed by atoms with Crippen LogP contribution in [0.4, 0.5) is 0 Å². The third-order valence-electron chi connectivity index (χ3n) is 5.08. The molecule has 0 bridgehead atoms. The van der Waals surface area contributed by atoms with Crippen LogP contribution >= 0.6 is 0 Å². The lowest BCUT2D eigenvalue weighted by Crippen LogP contribution is -2.26. The first-order chi connectivity index (χ1) is 14.4. The molecule has 3 aromatic rings. The average Bonchev–Trinajstić information content (AvgIpc) is 3.03. The highest BCUT2D eigenvalue weighted by atomic mass is 16.4. The van der Waals surface area contributed by atoms with Crippen LogP contribution in [0.1, 0.15) is 49.1 Å². The lowest BCUT2D eigenvalue weighted by atomic mass is 9.99. The van der Waals surface area contributed by atoms with Crippen LogP contribution in [0.25, 0.3) is 10.9 Å². The average molecular weight is 408 g/mol. The van der Waals surface area contributed by atoms with E-state index in [9.17, 15) is 9.59 Å². The van der Waals surface area contributed by atoms with Gasteiger partial charge in [0, 0.05) is 48.4 Å². The number of aromatic nitrogens is 2. The fraction of sp³-hybridized carbons (Fsp3) is 0.375. The van der Waals surface area contributed by atoms with Crippen molar-refractivity contribution in [3.63, 3.8) is 0 Å². The summed E-state index contributed by atoms with van der Waals surface area (Å²) >= 11 is 0. The Morgan fingerprint density at radius 3 is 2.70 bits per heavy atom. The molecule has 1 aromatic carbocycles. The third-order valence-corrected chi connectivity index (χ3v) is 5.08. The number of carboxylic acids is 1. The number of nitrogens with one attached hydrogen (secondary N) is 2. The Labute approximate surface area is 176 Å². The molecule has 0 radical (unpaired) electrons. The number of amides is 1. The molecule has 0 aliphatic carbocycles. The van der Waals surface area contributed by atoms with E-state index in [0.29, 0.717) is 31.7 Å². The molecule has 0 aliphatic heterocycles. The molecule has 6 heteroatoms. The molecular weight excluding hydrogens is 378 g/mol. The maximum atomic E-state index is 11.9. The van der Waals surface area contributed by atoms with Crippen LogP contribution in [-0.2, 0) is 28.9 Å². The maximum Gasteiger partial charge on any atom is 0.303 e. The summed E-state index contributed by atoms with van der Waals surface area (Å²) in [5.74, 6) is -0.375. The molecule has 0 saturated heterocycles. The number of aliphatic carboxylic acids is 1. The minimum absolute atomic E-state index is 0.0842. The van der Waals surface area contributed by atoms with Gasteiger partial charge in [-0.25, -0.2) is 0 Å². The van der Waals surface area contributed by atoms with Crippen molar-refractivity contribution in [2.45, 2.75) is 46.0 Å². The summed E-state index contributed by atoms with van der Waals surface area (Å²) in [6.07, 6.45) is 6.11. The van der Waals surface area contributed by atoms with E-state index in [0.717, 1.165) is 39.7 Å². The Kier molecular flexibility index (Phi) is 7.22. The SMILES string of the molecule is CC(C)CC(=O)NCCc1ccc2[nH]c(CCC(=O)O)c(Cc3cccnc3)c2c1. The summed E-state index contributed by atoms with van der Waals surface area (Å²) in [4.78, 5) is 30.6. The Morgan fingerprint density at radius 1 is 1.17 bits per heavy atom. The van der Waals surface area contributed by atoms with Gasteiger partial charge in [0.25, 0.3) is 0 Å². The fourth-order valence-corrected chi connectivity index (χ4v) is 3.65. The number of H-pyrrole nitrogens is 1. The number of carbonyl (C=O) groups excluding carboxylic acids is 1. The number of benzene rings is 1. The number of hydrogen-bond acceptors (Lipinski definition) is 3. The molecular formula is C24H29N3O3. The molecule has 30 heavy (non-hydrogen) atoms. The van der Waals surface area contributed by atoms with Crippen LogP contribution < -0.4 is 5.32 Å². The second kappa shape index (κ2) is 10.1. The topological polar surface area (TPSA) is 95.1 Å². The summed E-state index contributed by atoms with van der Waals surface area (Å²) in [6.45, 7) is 4.67. The van der Waals surface area contributed by atoms with Crippen molar-refractivity contribution >= 4 is 22.8 Å². The summed E-state index contributed by atoms with van der Waals surface area (Å²) in [5.41, 5.74) is 5.30. The number of carbonyl (C=O) groups is 2. The van der Waals surface area contributed by atoms with E-state index in [1.807, 2.05) is 38.2 Å². The first kappa shape index (κ1) is 21.6. The number of carboxylic acid groups (broad SMARTS) is 1. The van der Waals surface area contributed by atoms with Crippen LogP contribution in [0.2, 0.25) is 0 Å². The van der Waals surface area contributed by atoms with Gasteiger partial charge in [0.1, 0.15) is 0 Å². The molecule has 0 spiro atoms. The van der Waals surface area contributed by atoms with Crippen molar-refractivity contribution in [1.82, 2.24) is 15.3 Å². The number of aryl methyl sites for hydroxylation is 1. The first-order valence-corrected chi connectivity index (χ1v) is 10.4. The minimum atomic E-state index is -0.807. The number of fused-ring (bicyclic) bond motifs is 1. The molecule has 2 heterocycles. The molecule has 2 aromatic heterocycles. The zero-order valence-electron chi connectivity index (χ0n) is 17.6. The normalized spacial score (nSPS) is 11.2. The molecule has 6 nitrogen and oxygen atoms in total. The predicted molar refractivity (Wildman–Crippen MR) is 117 cm³/mol. The van der Waals surface area contributed by atoms with Gasteiger partial charge < -0.3 is 15.4 Å². The van der Waals surface area contributed by atoms with Gasteiger partial charge in [0.15, 0.2) is 0 Å². The molecule has 0 saturated carbocycles. The summed E-state index contributed by atoms with van der Waals surface area (Å²) < 4.78 is 0. The van der Waals surface area contributed by atoms with Crippen LogP contribution in [0.15, 0.2) is 42.7 Å². The molecule has 0 unspecified atom stereocenters. The monoisotopic (exact) mass is 407 g/mol. The highest BCUT2D eigenvalue weighted by Crippen LogP contribution is 2.27. The Hall–Kier alpha value is -3.15. The zero-order chi connectivity index (χ0) is 21.5. The van der Waals surface area contributed by atoms with Gasteiger partial charge in [-0.3, -0.25) is 14.6 Å². The lowest BCUT2D eigenvalue weighted by Gasteiger charge is -2.08. The predicted octanol–water partition coefficient (Wildman–Crippen LogP) is 3.88. The molecule has 158 valence electrons. The fourth-order valence-electron chi connectivity index (χ4n) is 3.65. The molecule has 0 atom stereocenters. The molecule has 3 rings (SSSR count). The summed E-state index contributed by atoms with van der Waals surface area (Å²) in [7, 11) is 0. The van der Waals surface area contributed by atoms with Gasteiger partial charge in [-0.1, -0.05) is 26.0 Å². The van der Waals surface area contributed by atoms with E-state index in [4.69, 9.17) is 5.11 Å². The van der Waals surface area contributed by atoms with Gasteiger partial charge in [-0.2, -0.15) is 0 Å². The smallest absolute Gasteiger partial charge is 0.303 e. The van der Waals surface area contributed by atoms with Crippen molar-refractivity contribution in [3.05, 3.63) is 65.1 Å². The van der Waals surface area contributed by atoms with Gasteiger partial charge in [-0.05, 0) is 53.6 Å². The van der Waals surface area contributed by atoms with Crippen molar-refractivity contribution in [2.24, 2.45) is 5.92 Å². The number of aromatic amines is 1. The lowest BCUT2D eigenvalue weighted by molar-refractivity contribution is -0.137. The maximum absolute atomic E-state index is 11.9. The Balaban J connectivity index is 1.82. The van der Waals surface area contributed by atoms with E-state index in [-0.39, 0.29) is 12.3 Å². The van der Waals surface area contributed by atoms with Crippen LogP contribution in [-0.4, -0.2) is 33.5 Å². The first-order valence-electron chi connectivity index (χ1n) is 10.4. The highest BCUT2D eigenvalue weighted by Gasteiger charge is 2.14. The number of pyridine rings is 1. The van der Waals surface area contributed by atoms with Crippen LogP contribution in [0, 0.1) is 5.92 Å². The Bertz CT molecular complexity index is 1010. The van der Waals surface area contributed by atoms with E-state index >= 15 is 0 Å². The summed E-state index contributed by atoms with van der Waals surface area (Å²) in [5, 5.41) is 13.2. The van der Waals surface area contributed by atoms with Gasteiger partial charge in [-0.15, -0.1) is 0 Å². The van der Waals surface area contributed by atoms with Crippen molar-refractivity contribution in [2.75, 3.05) is 6.54 Å². The minimum Gasteiger partial charge on any atom is -0.481 e. The molecule has 0 aliphatic rings. The molecule has 3 N–H and O–H groups in total. The van der Waals surface area contributed by atoms with Gasteiger partial charge in [0.2, 0.25) is 5.91 Å². The quantitative estimate of drug-likeness (QED) is 0.475. The van der Waals surface area contributed by atoms with Crippen LogP contribution in [0.5, 0.6) is 0 Å². The molecule has 0 fully saturated rings. The third kappa shape index (κ3) is 5.92. The largest absolute Gasteiger partial charge is 0.481 e. The zero-order valence-corrected chi connectivity index (χ0v) is 17.6. The van der Waals surface area contributed by atoms with Crippen LogP contribution in [0.3, 0.4) is 0 Å². The van der Waals surface area contributed by atoms with E-state index in [1.165, 1.54) is 0 Å². The van der Waals surface area contributed by atoms with Crippen molar-refractivity contribution in [3.8, 4) is 0 Å². The number of hydrogen-bond donors (Lipinski definition) is 3. The van der Waals surface area contributed by atoms with Crippen molar-refractivity contribution < 1.29 is 14.7 Å². The second-order valence-corrected chi connectivity index (χ2v) is 8.09. The van der Waals surface area contributed by atoms with E-state index in [1.54, 1.807) is 6.20 Å². The van der Waals surface area contributed by atoms with Gasteiger partial charge in [0.05, 0.1) is 6.42 Å². The Morgan fingerprint density at radius 2 is 2.00 bits per heavy atom. The second-order valence-electron chi connectivity index (χ2n) is 8.09. The van der Waals surface area contributed by atoms with Crippen molar-refractivity contribution in [1.29, 1.82) is 0 Å². The standard InChI is InChI=1S/C24H29N3O3/c1-16(2)12-23(28)26-11-9-17-5-6-21-19(13-17)20(14-18-4-3-10-25-15-18)22(27-21)7-8-24(29)30/h3-6,10,13,15-16,27H,7-9,11-12,14H2,1-2H3,(H,26,28)(H,29,30). The summed E-state index contributed by atoms with van der Waals surface area (Å²) in [6, 6.07) is 10.2. The van der Waals surface area contributed by atoms with E-state index in [2.05, 4.69) is 27.4 Å². The van der Waals surface area contributed by atoms with E-state index < -0.39 is 5.97 Å². The highest BCUT2D eigenvalue weighted by molar-refractivity contribution is 5.86. The number of nitrogens with zero attached hydrogens (tertiary/aromatic N) is 1.